The molecule has 0 heterocycles. The van der Waals surface area contributed by atoms with Gasteiger partial charge in [0.1, 0.15) is 5.60 Å². The molecule has 10 N–H and O–H groups in total. The Morgan fingerprint density at radius 1 is 0.431 bits per heavy atom. The summed E-state index contributed by atoms with van der Waals surface area (Å²) in [6.07, 6.45) is 5.00. The number of carboxylic acid groups (broad SMARTS) is 6. The average Bonchev–Trinajstić information content (AvgIpc) is 3.14. The highest BCUT2D eigenvalue weighted by Crippen LogP contribution is 2.44. The number of benzene rings is 2. The lowest BCUT2D eigenvalue weighted by atomic mass is 9.66. The predicted molar refractivity (Wildman–Crippen MR) is 187 cm³/mol. The number of carbonyl (C=O) groups is 6. The molecule has 2 aromatic rings. The average molecular weight is 721 g/mol. The Labute approximate surface area is 294 Å². The van der Waals surface area contributed by atoms with Gasteiger partial charge in [-0.25, -0.2) is 28.8 Å². The maximum absolute atomic E-state index is 11.4. The Morgan fingerprint density at radius 2 is 0.588 bits per heavy atom. The van der Waals surface area contributed by atoms with E-state index < -0.39 is 66.7 Å². The smallest absolute Gasteiger partial charge is 0.327 e. The molecule has 2 rings (SSSR count). The van der Waals surface area contributed by atoms with Gasteiger partial charge in [-0.15, -0.1) is 0 Å². The van der Waals surface area contributed by atoms with Crippen molar-refractivity contribution in [2.45, 2.75) is 5.60 Å². The van der Waals surface area contributed by atoms with E-state index in [0.29, 0.717) is 11.1 Å². The van der Waals surface area contributed by atoms with Crippen LogP contribution in [0.3, 0.4) is 0 Å². The SMILES string of the molecule is C=CC(=O)O.C=CC(=O)O.C=CC(=O)O.C=CC(=O)O.C=CC(=O)O.C=CC(=O)O.OCC(CO)(CO)C(O)(c1ccccc1)c1ccccc1. The van der Waals surface area contributed by atoms with Crippen molar-refractivity contribution in [3.05, 3.63) is 148 Å². The second-order valence-corrected chi connectivity index (χ2v) is 8.45. The van der Waals surface area contributed by atoms with Crippen molar-refractivity contribution in [1.29, 1.82) is 0 Å². The van der Waals surface area contributed by atoms with Crippen molar-refractivity contribution in [3.8, 4) is 0 Å². The summed E-state index contributed by atoms with van der Waals surface area (Å²) in [5.41, 5.74) is -2.18. The van der Waals surface area contributed by atoms with Crippen molar-refractivity contribution in [1.82, 2.24) is 0 Å². The fourth-order valence-electron chi connectivity index (χ4n) is 2.63. The molecular formula is C35H44O16. The number of carboxylic acids is 6. The lowest BCUT2D eigenvalue weighted by Gasteiger charge is -2.45. The minimum Gasteiger partial charge on any atom is -0.478 e. The molecule has 0 unspecified atom stereocenters. The molecule has 0 aliphatic heterocycles. The monoisotopic (exact) mass is 720 g/mol. The first-order valence-electron chi connectivity index (χ1n) is 13.6. The van der Waals surface area contributed by atoms with Gasteiger partial charge in [0.25, 0.3) is 0 Å². The summed E-state index contributed by atoms with van der Waals surface area (Å²) in [5.74, 6) is -5.89. The fraction of sp³-hybridized carbons (Fsp3) is 0.143. The van der Waals surface area contributed by atoms with E-state index in [0.717, 1.165) is 36.5 Å². The number of aliphatic carboxylic acids is 6. The zero-order valence-electron chi connectivity index (χ0n) is 27.5. The van der Waals surface area contributed by atoms with E-state index >= 15 is 0 Å². The third kappa shape index (κ3) is 28.3. The first kappa shape index (κ1) is 54.0. The van der Waals surface area contributed by atoms with E-state index in [1.54, 1.807) is 48.5 Å². The summed E-state index contributed by atoms with van der Waals surface area (Å²) in [7, 11) is 0. The Hall–Kier alpha value is -6.46. The van der Waals surface area contributed by atoms with Crippen LogP contribution < -0.4 is 0 Å². The van der Waals surface area contributed by atoms with Crippen molar-refractivity contribution in [2.24, 2.45) is 5.41 Å². The van der Waals surface area contributed by atoms with Gasteiger partial charge < -0.3 is 51.1 Å². The number of aliphatic hydroxyl groups excluding tert-OH is 3. The summed E-state index contributed by atoms with van der Waals surface area (Å²) >= 11 is 0. The first-order valence-corrected chi connectivity index (χ1v) is 13.6. The molecule has 0 fully saturated rings. The van der Waals surface area contributed by atoms with E-state index in [2.05, 4.69) is 39.5 Å². The third-order valence-corrected chi connectivity index (χ3v) is 5.11. The van der Waals surface area contributed by atoms with Crippen LogP contribution in [-0.4, -0.2) is 107 Å². The van der Waals surface area contributed by atoms with E-state index in [-0.39, 0.29) is 0 Å². The number of hydrogen-bond donors (Lipinski definition) is 10. The topological polar surface area (TPSA) is 305 Å². The second-order valence-electron chi connectivity index (χ2n) is 8.45. The molecule has 0 spiro atoms. The van der Waals surface area contributed by atoms with E-state index in [9.17, 15) is 49.2 Å². The lowest BCUT2D eigenvalue weighted by molar-refractivity contribution is -0.136. The van der Waals surface area contributed by atoms with Gasteiger partial charge in [0.2, 0.25) is 0 Å². The fourth-order valence-corrected chi connectivity index (χ4v) is 2.63. The molecule has 0 amide bonds. The molecule has 51 heavy (non-hydrogen) atoms. The molecule has 16 nitrogen and oxygen atoms in total. The van der Waals surface area contributed by atoms with Crippen molar-refractivity contribution in [2.75, 3.05) is 19.8 Å². The Kier molecular flexibility index (Phi) is 35.4. The van der Waals surface area contributed by atoms with E-state index in [1.807, 2.05) is 12.1 Å². The van der Waals surface area contributed by atoms with Gasteiger partial charge >= 0.3 is 35.8 Å². The quantitative estimate of drug-likeness (QED) is 0.141. The molecule has 0 bridgehead atoms. The normalized spacial score (nSPS) is 8.86. The van der Waals surface area contributed by atoms with Crippen LogP contribution in [0.5, 0.6) is 0 Å². The van der Waals surface area contributed by atoms with E-state index in [1.165, 1.54) is 0 Å². The minimum atomic E-state index is -1.70. The van der Waals surface area contributed by atoms with Gasteiger partial charge in [-0.05, 0) is 11.1 Å². The van der Waals surface area contributed by atoms with Crippen molar-refractivity contribution < 1.29 is 79.8 Å². The molecular weight excluding hydrogens is 676 g/mol. The van der Waals surface area contributed by atoms with Crippen LogP contribution in [0.1, 0.15) is 11.1 Å². The minimum absolute atomic E-state index is 0.508. The first-order chi connectivity index (χ1) is 23.8. The second kappa shape index (κ2) is 33.4. The summed E-state index contributed by atoms with van der Waals surface area (Å²) < 4.78 is 0. The summed E-state index contributed by atoms with van der Waals surface area (Å²) in [6.45, 7) is 16.1. The predicted octanol–water partition coefficient (Wildman–Crippen LogP) is 2.43. The molecule has 0 aliphatic rings. The van der Waals surface area contributed by atoms with Crippen LogP contribution in [0.15, 0.2) is 137 Å². The van der Waals surface area contributed by atoms with Crippen molar-refractivity contribution >= 4 is 35.8 Å². The number of rotatable bonds is 12. The van der Waals surface area contributed by atoms with Crippen LogP contribution in [0.2, 0.25) is 0 Å². The summed E-state index contributed by atoms with van der Waals surface area (Å²) in [5, 5.41) is 86.3. The zero-order chi connectivity index (χ0) is 41.1. The highest BCUT2D eigenvalue weighted by atomic mass is 16.4. The molecule has 0 aromatic heterocycles. The van der Waals surface area contributed by atoms with Crippen LogP contribution in [0, 0.1) is 5.41 Å². The lowest BCUT2D eigenvalue weighted by Crippen LogP contribution is -2.54. The van der Waals surface area contributed by atoms with Gasteiger partial charge in [0.05, 0.1) is 25.2 Å². The molecule has 280 valence electrons. The molecule has 2 aromatic carbocycles. The zero-order valence-corrected chi connectivity index (χ0v) is 27.5. The van der Waals surface area contributed by atoms with Gasteiger partial charge in [0, 0.05) is 36.5 Å². The number of hydrogen-bond acceptors (Lipinski definition) is 10. The standard InChI is InChI=1S/C17H20O4.6C3H4O2/c18-11-16(12-19,13-20)17(21,14-7-3-1-4-8-14)15-9-5-2-6-10-15;6*1-2-3(4)5/h1-10,18-21H,11-13H2;6*2H,1H2,(H,4,5). The maximum atomic E-state index is 11.4. The van der Waals surface area contributed by atoms with Crippen LogP contribution in [0.4, 0.5) is 0 Å². The third-order valence-electron chi connectivity index (χ3n) is 5.11. The maximum Gasteiger partial charge on any atom is 0.327 e. The van der Waals surface area contributed by atoms with Gasteiger partial charge in [-0.1, -0.05) is 100 Å². The van der Waals surface area contributed by atoms with E-state index in [4.69, 9.17) is 30.6 Å². The summed E-state index contributed by atoms with van der Waals surface area (Å²) in [6, 6.07) is 17.5. The van der Waals surface area contributed by atoms with Gasteiger partial charge in [-0.2, -0.15) is 0 Å². The van der Waals surface area contributed by atoms with Crippen LogP contribution in [-0.2, 0) is 34.4 Å². The molecule has 0 atom stereocenters. The Morgan fingerprint density at radius 3 is 0.706 bits per heavy atom. The highest BCUT2D eigenvalue weighted by molar-refractivity contribution is 5.80. The van der Waals surface area contributed by atoms with Crippen molar-refractivity contribution in [3.63, 3.8) is 0 Å². The van der Waals surface area contributed by atoms with Crippen LogP contribution in [0.25, 0.3) is 0 Å². The molecule has 16 heteroatoms. The van der Waals surface area contributed by atoms with Gasteiger partial charge in [-0.3, -0.25) is 0 Å². The molecule has 0 saturated carbocycles. The summed E-state index contributed by atoms with van der Waals surface area (Å²) in [4.78, 5) is 55.5. The largest absolute Gasteiger partial charge is 0.478 e. The Balaban J connectivity index is -0.000000192. The molecule has 0 saturated heterocycles. The van der Waals surface area contributed by atoms with Gasteiger partial charge in [0.15, 0.2) is 0 Å². The highest BCUT2D eigenvalue weighted by Gasteiger charge is 2.52. The number of aliphatic hydroxyl groups is 4. The Bertz CT molecular complexity index is 1190. The molecule has 0 aliphatic carbocycles. The van der Waals surface area contributed by atoms with Crippen LogP contribution >= 0.6 is 0 Å². The molecule has 0 radical (unpaired) electrons.